The number of carbonyl (C=O) groups is 3. The predicted molar refractivity (Wildman–Crippen MR) is 99.4 cm³/mol. The van der Waals surface area contributed by atoms with Gasteiger partial charge in [0.2, 0.25) is 11.8 Å². The zero-order valence-corrected chi connectivity index (χ0v) is 15.0. The smallest absolute Gasteiger partial charge is 0.289 e. The Bertz CT molecular complexity index is 1070. The number of para-hydroxylation sites is 1. The summed E-state index contributed by atoms with van der Waals surface area (Å²) >= 11 is 0. The lowest BCUT2D eigenvalue weighted by Crippen LogP contribution is -2.62. The first-order valence-electron chi connectivity index (χ1n) is 9.38. The highest BCUT2D eigenvalue weighted by atomic mass is 16.3. The normalized spacial score (nSPS) is 24.6. The predicted octanol–water partition coefficient (Wildman–Crippen LogP) is 1.57. The first-order valence-corrected chi connectivity index (χ1v) is 9.38. The van der Waals surface area contributed by atoms with Crippen LogP contribution in [0, 0.1) is 11.8 Å². The molecule has 1 aromatic carbocycles. The number of imide groups is 1. The van der Waals surface area contributed by atoms with E-state index in [4.69, 9.17) is 4.42 Å². The molecule has 2 fully saturated rings. The molecule has 0 N–H and O–H groups in total. The Kier molecular flexibility index (Phi) is 3.72. The van der Waals surface area contributed by atoms with Crippen LogP contribution in [0.3, 0.4) is 0 Å². The van der Waals surface area contributed by atoms with E-state index >= 15 is 0 Å². The largest absolute Gasteiger partial charge is 0.451 e. The highest BCUT2D eigenvalue weighted by molar-refractivity contribution is 6.06. The minimum atomic E-state index is -0.405. The van der Waals surface area contributed by atoms with E-state index in [-0.39, 0.29) is 54.0 Å². The van der Waals surface area contributed by atoms with Gasteiger partial charge in [0.25, 0.3) is 5.91 Å². The fourth-order valence-electron chi connectivity index (χ4n) is 4.34. The number of hydrogen-bond acceptors (Lipinski definition) is 5. The van der Waals surface area contributed by atoms with Gasteiger partial charge in [0, 0.05) is 19.2 Å². The number of benzene rings is 1. The molecule has 2 saturated heterocycles. The molecule has 2 aliphatic heterocycles. The van der Waals surface area contributed by atoms with Crippen molar-refractivity contribution in [3.63, 3.8) is 0 Å². The van der Waals surface area contributed by atoms with Gasteiger partial charge in [-0.2, -0.15) is 0 Å². The van der Waals surface area contributed by atoms with Gasteiger partial charge in [-0.15, -0.1) is 0 Å². The Morgan fingerprint density at radius 3 is 2.29 bits per heavy atom. The van der Waals surface area contributed by atoms with Crippen molar-refractivity contribution in [3.05, 3.63) is 58.5 Å². The molecule has 7 nitrogen and oxygen atoms in total. The third-order valence-electron chi connectivity index (χ3n) is 5.90. The fourth-order valence-corrected chi connectivity index (χ4v) is 4.34. The monoisotopic (exact) mass is 378 g/mol. The van der Waals surface area contributed by atoms with Crippen LogP contribution in [-0.4, -0.2) is 46.7 Å². The molecule has 28 heavy (non-hydrogen) atoms. The lowest BCUT2D eigenvalue weighted by Gasteiger charge is -2.42. The number of likely N-dealkylation sites (tertiary alicyclic amines) is 2. The SMILES string of the molecule is O=C(c1cc(=O)c2ccccc2o1)N1CC(N2C(=O)C3CC=CCC3C2=O)C1. The highest BCUT2D eigenvalue weighted by Crippen LogP contribution is 2.37. The maximum atomic E-state index is 12.7. The standard InChI is InChI=1S/C21H18N2O5/c24-16-9-18(28-17-8-4-3-7-15(16)17)21(27)22-10-12(11-22)23-19(25)13-5-1-2-6-14(13)20(23)26/h1-4,7-9,12-14H,5-6,10-11H2. The molecule has 3 heterocycles. The van der Waals surface area contributed by atoms with Gasteiger partial charge in [-0.05, 0) is 25.0 Å². The number of allylic oxidation sites excluding steroid dienone is 2. The van der Waals surface area contributed by atoms with Crippen molar-refractivity contribution >= 4 is 28.7 Å². The number of rotatable bonds is 2. The average molecular weight is 378 g/mol. The molecule has 0 radical (unpaired) electrons. The number of fused-ring (bicyclic) bond motifs is 2. The first kappa shape index (κ1) is 16.9. The number of hydrogen-bond donors (Lipinski definition) is 0. The third kappa shape index (κ3) is 2.42. The number of amides is 3. The first-order chi connectivity index (χ1) is 13.5. The van der Waals surface area contributed by atoms with Gasteiger partial charge in [0.1, 0.15) is 5.58 Å². The Balaban J connectivity index is 1.32. The van der Waals surface area contributed by atoms with E-state index in [2.05, 4.69) is 0 Å². The lowest BCUT2D eigenvalue weighted by molar-refractivity contribution is -0.145. The van der Waals surface area contributed by atoms with E-state index in [1.165, 1.54) is 15.9 Å². The molecule has 2 atom stereocenters. The van der Waals surface area contributed by atoms with Crippen LogP contribution in [0.4, 0.5) is 0 Å². The molecule has 2 aromatic rings. The minimum absolute atomic E-state index is 0.0286. The molecular weight excluding hydrogens is 360 g/mol. The van der Waals surface area contributed by atoms with E-state index in [1.54, 1.807) is 24.3 Å². The zero-order valence-electron chi connectivity index (χ0n) is 15.0. The third-order valence-corrected chi connectivity index (χ3v) is 5.90. The highest BCUT2D eigenvalue weighted by Gasteiger charge is 2.52. The van der Waals surface area contributed by atoms with Gasteiger partial charge in [0.15, 0.2) is 11.2 Å². The van der Waals surface area contributed by atoms with Crippen LogP contribution in [0.2, 0.25) is 0 Å². The lowest BCUT2D eigenvalue weighted by atomic mass is 9.85. The second-order valence-electron chi connectivity index (χ2n) is 7.54. The molecule has 1 aliphatic carbocycles. The van der Waals surface area contributed by atoms with E-state index < -0.39 is 5.91 Å². The summed E-state index contributed by atoms with van der Waals surface area (Å²) in [6, 6.07) is 7.65. The summed E-state index contributed by atoms with van der Waals surface area (Å²) in [6.07, 6.45) is 5.11. The van der Waals surface area contributed by atoms with Crippen LogP contribution in [0.5, 0.6) is 0 Å². The Morgan fingerprint density at radius 2 is 1.61 bits per heavy atom. The topological polar surface area (TPSA) is 87.9 Å². The molecule has 142 valence electrons. The zero-order chi connectivity index (χ0) is 19.4. The van der Waals surface area contributed by atoms with E-state index in [1.807, 2.05) is 12.2 Å². The molecule has 7 heteroatoms. The molecule has 2 unspecified atom stereocenters. The van der Waals surface area contributed by atoms with Crippen molar-refractivity contribution in [1.82, 2.24) is 9.80 Å². The summed E-state index contributed by atoms with van der Waals surface area (Å²) in [5.74, 6) is -1.22. The molecule has 0 saturated carbocycles. The molecule has 0 bridgehead atoms. The average Bonchev–Trinajstić information content (AvgIpc) is 2.92. The summed E-state index contributed by atoms with van der Waals surface area (Å²) in [5.41, 5.74) is 0.0839. The van der Waals surface area contributed by atoms with Crippen LogP contribution >= 0.6 is 0 Å². The van der Waals surface area contributed by atoms with Crippen molar-refractivity contribution in [2.75, 3.05) is 13.1 Å². The van der Waals surface area contributed by atoms with Crippen LogP contribution in [-0.2, 0) is 9.59 Å². The van der Waals surface area contributed by atoms with Gasteiger partial charge < -0.3 is 9.32 Å². The molecule has 0 spiro atoms. The Morgan fingerprint density at radius 1 is 0.964 bits per heavy atom. The van der Waals surface area contributed by atoms with Crippen LogP contribution in [0.15, 0.2) is 51.7 Å². The summed E-state index contributed by atoms with van der Waals surface area (Å²) in [6.45, 7) is 0.527. The fraction of sp³-hybridized carbons (Fsp3) is 0.333. The van der Waals surface area contributed by atoms with Gasteiger partial charge in [-0.1, -0.05) is 24.3 Å². The summed E-state index contributed by atoms with van der Waals surface area (Å²) < 4.78 is 5.59. The van der Waals surface area contributed by atoms with E-state index in [0.717, 1.165) is 0 Å². The van der Waals surface area contributed by atoms with E-state index in [0.29, 0.717) is 23.8 Å². The maximum Gasteiger partial charge on any atom is 0.289 e. The van der Waals surface area contributed by atoms with Gasteiger partial charge >= 0.3 is 0 Å². The number of nitrogens with zero attached hydrogens (tertiary/aromatic N) is 2. The maximum absolute atomic E-state index is 12.7. The van der Waals surface area contributed by atoms with Crippen molar-refractivity contribution < 1.29 is 18.8 Å². The minimum Gasteiger partial charge on any atom is -0.451 e. The molecule has 1 aromatic heterocycles. The van der Waals surface area contributed by atoms with Gasteiger partial charge in [-0.3, -0.25) is 24.1 Å². The molecular formula is C21H18N2O5. The van der Waals surface area contributed by atoms with E-state index in [9.17, 15) is 19.2 Å². The molecule has 5 rings (SSSR count). The summed E-state index contributed by atoms with van der Waals surface area (Å²) in [4.78, 5) is 53.0. The molecule has 3 amide bonds. The van der Waals surface area contributed by atoms with Crippen LogP contribution in [0.1, 0.15) is 23.4 Å². The van der Waals surface area contributed by atoms with Crippen molar-refractivity contribution in [2.24, 2.45) is 11.8 Å². The Labute approximate surface area is 160 Å². The van der Waals surface area contributed by atoms with Crippen LogP contribution < -0.4 is 5.43 Å². The second kappa shape index (κ2) is 6.15. The van der Waals surface area contributed by atoms with Crippen molar-refractivity contribution in [2.45, 2.75) is 18.9 Å². The summed E-state index contributed by atoms with van der Waals surface area (Å²) in [7, 11) is 0. The quantitative estimate of drug-likeness (QED) is 0.585. The second-order valence-corrected chi connectivity index (χ2v) is 7.54. The number of carbonyl (C=O) groups excluding carboxylic acids is 3. The van der Waals surface area contributed by atoms with Crippen molar-refractivity contribution in [1.29, 1.82) is 0 Å². The van der Waals surface area contributed by atoms with Crippen LogP contribution in [0.25, 0.3) is 11.0 Å². The van der Waals surface area contributed by atoms with Gasteiger partial charge in [-0.25, -0.2) is 0 Å². The van der Waals surface area contributed by atoms with Gasteiger partial charge in [0.05, 0.1) is 23.3 Å². The van der Waals surface area contributed by atoms with Crippen molar-refractivity contribution in [3.8, 4) is 0 Å². The molecule has 3 aliphatic rings. The Hall–Kier alpha value is -3.22. The summed E-state index contributed by atoms with van der Waals surface area (Å²) in [5, 5.41) is 0.421.